The molecule has 1 aliphatic carbocycles. The van der Waals surface area contributed by atoms with Gasteiger partial charge >= 0.3 is 0 Å². The zero-order valence-electron chi connectivity index (χ0n) is 9.79. The monoisotopic (exact) mass is 299 g/mol. The molecule has 0 saturated heterocycles. The van der Waals surface area contributed by atoms with Crippen LogP contribution in [0.3, 0.4) is 0 Å². The molecule has 0 saturated carbocycles. The predicted molar refractivity (Wildman–Crippen MR) is 76.2 cm³/mol. The van der Waals surface area contributed by atoms with E-state index >= 15 is 0 Å². The van der Waals surface area contributed by atoms with Gasteiger partial charge in [-0.1, -0.05) is 28.1 Å². The molecule has 3 heteroatoms. The molecule has 2 rings (SSSR count). The van der Waals surface area contributed by atoms with Gasteiger partial charge < -0.3 is 5.32 Å². The van der Waals surface area contributed by atoms with Crippen molar-refractivity contribution < 1.29 is 0 Å². The fourth-order valence-corrected chi connectivity index (χ4v) is 3.60. The van der Waals surface area contributed by atoms with Crippen molar-refractivity contribution in [1.29, 1.82) is 0 Å². The van der Waals surface area contributed by atoms with Crippen molar-refractivity contribution in [2.75, 3.05) is 12.0 Å². The minimum atomic E-state index is 0.551. The lowest BCUT2D eigenvalue weighted by molar-refractivity contribution is 0.479. The third-order valence-corrected chi connectivity index (χ3v) is 4.69. The minimum Gasteiger partial charge on any atom is -0.307 e. The Morgan fingerprint density at radius 1 is 1.56 bits per heavy atom. The zero-order valence-corrected chi connectivity index (χ0v) is 12.2. The highest BCUT2D eigenvalue weighted by Crippen LogP contribution is 2.35. The van der Waals surface area contributed by atoms with E-state index in [1.807, 2.05) is 11.8 Å². The normalized spacial score (nSPS) is 20.8. The van der Waals surface area contributed by atoms with Crippen LogP contribution >= 0.6 is 27.7 Å². The summed E-state index contributed by atoms with van der Waals surface area (Å²) in [5.74, 6) is 1.18. The molecule has 0 aliphatic heterocycles. The Balaban J connectivity index is 2.09. The molecule has 0 bridgehead atoms. The summed E-state index contributed by atoms with van der Waals surface area (Å²) in [4.78, 5) is 0. The largest absolute Gasteiger partial charge is 0.307 e. The van der Waals surface area contributed by atoms with Crippen LogP contribution < -0.4 is 5.32 Å². The number of thioether (sulfide) groups is 1. The van der Waals surface area contributed by atoms with Gasteiger partial charge in [0.1, 0.15) is 0 Å². The molecule has 1 aromatic carbocycles. The summed E-state index contributed by atoms with van der Waals surface area (Å²) in [5.41, 5.74) is 2.98. The van der Waals surface area contributed by atoms with E-state index in [1.165, 1.54) is 34.2 Å². The summed E-state index contributed by atoms with van der Waals surface area (Å²) >= 11 is 5.55. The molecule has 0 spiro atoms. The maximum Gasteiger partial charge on any atom is 0.0329 e. The SMILES string of the molecule is CSCC(C)NC1CCc2c(Br)cccc21. The predicted octanol–water partition coefficient (Wildman–Crippen LogP) is 3.78. The van der Waals surface area contributed by atoms with Crippen LogP contribution in [0.2, 0.25) is 0 Å². The second-order valence-electron chi connectivity index (χ2n) is 4.42. The lowest BCUT2D eigenvalue weighted by Crippen LogP contribution is -2.31. The molecule has 1 aromatic rings. The summed E-state index contributed by atoms with van der Waals surface area (Å²) < 4.78 is 1.27. The van der Waals surface area contributed by atoms with Crippen LogP contribution in [-0.2, 0) is 6.42 Å². The molecular weight excluding hydrogens is 282 g/mol. The standard InChI is InChI=1S/C13H18BrNS/c1-9(8-16-2)15-13-7-6-10-11(13)4-3-5-12(10)14/h3-5,9,13,15H,6-8H2,1-2H3. The Morgan fingerprint density at radius 2 is 2.38 bits per heavy atom. The number of halogens is 1. The molecule has 16 heavy (non-hydrogen) atoms. The minimum absolute atomic E-state index is 0.551. The Labute approximate surface area is 111 Å². The van der Waals surface area contributed by atoms with Gasteiger partial charge in [-0.3, -0.25) is 0 Å². The maximum atomic E-state index is 3.72. The highest BCUT2D eigenvalue weighted by atomic mass is 79.9. The van der Waals surface area contributed by atoms with Crippen molar-refractivity contribution in [3.63, 3.8) is 0 Å². The molecule has 0 aromatic heterocycles. The van der Waals surface area contributed by atoms with E-state index in [0.29, 0.717) is 12.1 Å². The van der Waals surface area contributed by atoms with Crippen LogP contribution in [0.15, 0.2) is 22.7 Å². The Kier molecular flexibility index (Phi) is 4.34. The third-order valence-electron chi connectivity index (χ3n) is 3.12. The van der Waals surface area contributed by atoms with Gasteiger partial charge in [0.05, 0.1) is 0 Å². The number of fused-ring (bicyclic) bond motifs is 1. The summed E-state index contributed by atoms with van der Waals surface area (Å²) in [6.07, 6.45) is 4.59. The van der Waals surface area contributed by atoms with Gasteiger partial charge in [-0.15, -0.1) is 0 Å². The smallest absolute Gasteiger partial charge is 0.0329 e. The van der Waals surface area contributed by atoms with E-state index in [-0.39, 0.29) is 0 Å². The molecular formula is C13H18BrNS. The van der Waals surface area contributed by atoms with Crippen LogP contribution in [0.1, 0.15) is 30.5 Å². The second kappa shape index (κ2) is 5.56. The van der Waals surface area contributed by atoms with E-state index in [4.69, 9.17) is 0 Å². The Morgan fingerprint density at radius 3 is 3.12 bits per heavy atom. The molecule has 1 aliphatic rings. The topological polar surface area (TPSA) is 12.0 Å². The number of nitrogens with one attached hydrogen (secondary N) is 1. The van der Waals surface area contributed by atoms with Gasteiger partial charge in [-0.25, -0.2) is 0 Å². The van der Waals surface area contributed by atoms with E-state index in [2.05, 4.69) is 52.6 Å². The van der Waals surface area contributed by atoms with E-state index in [1.54, 1.807) is 0 Å². The number of hydrogen-bond acceptors (Lipinski definition) is 2. The van der Waals surface area contributed by atoms with Crippen molar-refractivity contribution >= 4 is 27.7 Å². The average molecular weight is 300 g/mol. The fraction of sp³-hybridized carbons (Fsp3) is 0.538. The van der Waals surface area contributed by atoms with Crippen LogP contribution in [0, 0.1) is 0 Å². The van der Waals surface area contributed by atoms with Crippen molar-refractivity contribution in [3.8, 4) is 0 Å². The lowest BCUT2D eigenvalue weighted by Gasteiger charge is -2.19. The van der Waals surface area contributed by atoms with Gasteiger partial charge in [0.25, 0.3) is 0 Å². The van der Waals surface area contributed by atoms with Gasteiger partial charge in [0.15, 0.2) is 0 Å². The van der Waals surface area contributed by atoms with Crippen molar-refractivity contribution in [1.82, 2.24) is 5.32 Å². The van der Waals surface area contributed by atoms with Crippen molar-refractivity contribution in [2.24, 2.45) is 0 Å². The molecule has 2 atom stereocenters. The number of hydrogen-bond donors (Lipinski definition) is 1. The number of benzene rings is 1. The molecule has 2 unspecified atom stereocenters. The van der Waals surface area contributed by atoms with Gasteiger partial charge in [-0.2, -0.15) is 11.8 Å². The van der Waals surface area contributed by atoms with Crippen molar-refractivity contribution in [2.45, 2.75) is 31.8 Å². The lowest BCUT2D eigenvalue weighted by atomic mass is 10.1. The molecule has 1 N–H and O–H groups in total. The first-order chi connectivity index (χ1) is 7.72. The highest BCUT2D eigenvalue weighted by Gasteiger charge is 2.24. The zero-order chi connectivity index (χ0) is 11.5. The summed E-state index contributed by atoms with van der Waals surface area (Å²) in [6.45, 7) is 2.27. The van der Waals surface area contributed by atoms with Gasteiger partial charge in [0.2, 0.25) is 0 Å². The highest BCUT2D eigenvalue weighted by molar-refractivity contribution is 9.10. The van der Waals surface area contributed by atoms with Crippen LogP contribution in [-0.4, -0.2) is 18.1 Å². The van der Waals surface area contributed by atoms with Crippen LogP contribution in [0.5, 0.6) is 0 Å². The molecule has 88 valence electrons. The first kappa shape index (κ1) is 12.5. The molecule has 0 heterocycles. The van der Waals surface area contributed by atoms with E-state index in [0.717, 1.165) is 0 Å². The fourth-order valence-electron chi connectivity index (χ4n) is 2.42. The van der Waals surface area contributed by atoms with Crippen molar-refractivity contribution in [3.05, 3.63) is 33.8 Å². The maximum absolute atomic E-state index is 3.72. The quantitative estimate of drug-likeness (QED) is 0.908. The van der Waals surface area contributed by atoms with Crippen LogP contribution in [0.4, 0.5) is 0 Å². The van der Waals surface area contributed by atoms with Gasteiger partial charge in [0, 0.05) is 22.3 Å². The first-order valence-electron chi connectivity index (χ1n) is 5.74. The summed E-state index contributed by atoms with van der Waals surface area (Å²) in [5, 5.41) is 3.72. The molecule has 0 radical (unpaired) electrons. The Bertz CT molecular complexity index is 367. The first-order valence-corrected chi connectivity index (χ1v) is 7.93. The van der Waals surface area contributed by atoms with E-state index in [9.17, 15) is 0 Å². The number of rotatable bonds is 4. The molecule has 1 nitrogen and oxygen atoms in total. The van der Waals surface area contributed by atoms with Gasteiger partial charge in [-0.05, 0) is 43.2 Å². The molecule has 0 fully saturated rings. The van der Waals surface area contributed by atoms with E-state index < -0.39 is 0 Å². The third kappa shape index (κ3) is 2.63. The summed E-state index contributed by atoms with van der Waals surface area (Å²) in [6, 6.07) is 7.69. The van der Waals surface area contributed by atoms with Crippen LogP contribution in [0.25, 0.3) is 0 Å². The summed E-state index contributed by atoms with van der Waals surface area (Å²) in [7, 11) is 0. The second-order valence-corrected chi connectivity index (χ2v) is 6.19. The Hall–Kier alpha value is 0.0100. The average Bonchev–Trinajstić information content (AvgIpc) is 2.64. The molecule has 0 amide bonds.